The van der Waals surface area contributed by atoms with E-state index >= 15 is 0 Å². The molecule has 0 radical (unpaired) electrons. The molecule has 3 nitrogen and oxygen atoms in total. The maximum Gasteiger partial charge on any atom is 0.164 e. The van der Waals surface area contributed by atoms with Gasteiger partial charge in [-0.05, 0) is 37.9 Å². The molecule has 2 heterocycles. The number of nitrogens with one attached hydrogen (secondary N) is 1. The Morgan fingerprint density at radius 1 is 1.41 bits per heavy atom. The molecule has 1 aromatic carbocycles. The molecule has 3 rings (SSSR count). The van der Waals surface area contributed by atoms with Gasteiger partial charge in [-0.15, -0.1) is 0 Å². The summed E-state index contributed by atoms with van der Waals surface area (Å²) in [4.78, 5) is 0. The van der Waals surface area contributed by atoms with Crippen molar-refractivity contribution in [3.05, 3.63) is 23.3 Å². The van der Waals surface area contributed by atoms with Crippen LogP contribution in [0.15, 0.2) is 12.1 Å². The van der Waals surface area contributed by atoms with Crippen LogP contribution in [0.1, 0.15) is 36.9 Å². The zero-order valence-corrected chi connectivity index (χ0v) is 10.5. The van der Waals surface area contributed by atoms with Crippen LogP contribution < -0.4 is 14.8 Å². The summed E-state index contributed by atoms with van der Waals surface area (Å²) < 4.78 is 11.3. The molecule has 0 aliphatic carbocycles. The van der Waals surface area contributed by atoms with E-state index in [1.54, 1.807) is 7.11 Å². The lowest BCUT2D eigenvalue weighted by molar-refractivity contribution is 0.243. The number of benzene rings is 1. The topological polar surface area (TPSA) is 30.5 Å². The third-order valence-corrected chi connectivity index (χ3v) is 3.66. The molecule has 1 aromatic rings. The van der Waals surface area contributed by atoms with Gasteiger partial charge in [0, 0.05) is 18.0 Å². The highest BCUT2D eigenvalue weighted by atomic mass is 16.5. The maximum absolute atomic E-state index is 5.80. The first-order chi connectivity index (χ1) is 8.28. The van der Waals surface area contributed by atoms with Crippen molar-refractivity contribution >= 4 is 0 Å². The van der Waals surface area contributed by atoms with Gasteiger partial charge in [0.2, 0.25) is 0 Å². The molecule has 2 unspecified atom stereocenters. The molecular weight excluding hydrogens is 214 g/mol. The van der Waals surface area contributed by atoms with E-state index in [9.17, 15) is 0 Å². The summed E-state index contributed by atoms with van der Waals surface area (Å²) in [6.45, 7) is 3.23. The summed E-state index contributed by atoms with van der Waals surface area (Å²) in [7, 11) is 1.72. The molecule has 0 bridgehead atoms. The lowest BCUT2D eigenvalue weighted by Crippen LogP contribution is -2.13. The Kier molecular flexibility index (Phi) is 2.71. The van der Waals surface area contributed by atoms with Crippen molar-refractivity contribution in [1.29, 1.82) is 0 Å². The van der Waals surface area contributed by atoms with Crippen LogP contribution in [0.2, 0.25) is 0 Å². The van der Waals surface area contributed by atoms with E-state index in [-0.39, 0.29) is 6.10 Å². The van der Waals surface area contributed by atoms with Crippen molar-refractivity contribution in [2.75, 3.05) is 13.7 Å². The minimum atomic E-state index is 0.269. The first-order valence-corrected chi connectivity index (χ1v) is 6.39. The Morgan fingerprint density at radius 3 is 3.00 bits per heavy atom. The zero-order valence-electron chi connectivity index (χ0n) is 10.5. The first-order valence-electron chi connectivity index (χ1n) is 6.39. The van der Waals surface area contributed by atoms with Gasteiger partial charge >= 0.3 is 0 Å². The molecular formula is C14H19NO2. The molecule has 17 heavy (non-hydrogen) atoms. The van der Waals surface area contributed by atoms with Gasteiger partial charge in [0.05, 0.1) is 7.11 Å². The van der Waals surface area contributed by atoms with Crippen molar-refractivity contribution < 1.29 is 9.47 Å². The molecule has 1 saturated heterocycles. The molecule has 3 heteroatoms. The van der Waals surface area contributed by atoms with E-state index < -0.39 is 0 Å². The average Bonchev–Trinajstić information content (AvgIpc) is 2.94. The fourth-order valence-electron chi connectivity index (χ4n) is 2.84. The quantitative estimate of drug-likeness (QED) is 0.851. The van der Waals surface area contributed by atoms with Gasteiger partial charge in [-0.3, -0.25) is 0 Å². The number of fused-ring (bicyclic) bond motifs is 1. The fraction of sp³-hybridized carbons (Fsp3) is 0.571. The summed E-state index contributed by atoms with van der Waals surface area (Å²) in [5.74, 6) is 1.83. The second-order valence-electron chi connectivity index (χ2n) is 4.99. The molecule has 2 aliphatic rings. The summed E-state index contributed by atoms with van der Waals surface area (Å²) >= 11 is 0. The van der Waals surface area contributed by atoms with Crippen molar-refractivity contribution in [1.82, 2.24) is 5.32 Å². The lowest BCUT2D eigenvalue weighted by Gasteiger charge is -2.14. The van der Waals surface area contributed by atoms with Gasteiger partial charge in [-0.1, -0.05) is 6.07 Å². The normalized spacial score (nSPS) is 26.7. The van der Waals surface area contributed by atoms with E-state index in [2.05, 4.69) is 24.4 Å². The van der Waals surface area contributed by atoms with Crippen LogP contribution in [0.25, 0.3) is 0 Å². The smallest absolute Gasteiger partial charge is 0.164 e. The number of methoxy groups -OCH3 is 1. The van der Waals surface area contributed by atoms with E-state index in [0.717, 1.165) is 24.5 Å². The molecule has 1 fully saturated rings. The molecule has 2 atom stereocenters. The zero-order chi connectivity index (χ0) is 11.8. The van der Waals surface area contributed by atoms with Gasteiger partial charge < -0.3 is 14.8 Å². The standard InChI is InChI=1S/C14H19NO2/c1-9-6-11-7-10(12-4-3-5-15-12)8-13(16-2)14(11)17-9/h7-9,12,15H,3-6H2,1-2H3. The molecule has 0 saturated carbocycles. The molecule has 0 aromatic heterocycles. The van der Waals surface area contributed by atoms with Crippen LogP contribution in [0.4, 0.5) is 0 Å². The minimum Gasteiger partial charge on any atom is -0.493 e. The number of ether oxygens (including phenoxy) is 2. The van der Waals surface area contributed by atoms with Crippen molar-refractivity contribution in [3.63, 3.8) is 0 Å². The Bertz CT molecular complexity index is 424. The fourth-order valence-corrected chi connectivity index (χ4v) is 2.84. The van der Waals surface area contributed by atoms with Gasteiger partial charge in [0.25, 0.3) is 0 Å². The molecule has 0 spiro atoms. The molecule has 2 aliphatic heterocycles. The van der Waals surface area contributed by atoms with Crippen LogP contribution in [0.5, 0.6) is 11.5 Å². The van der Waals surface area contributed by atoms with Gasteiger partial charge in [-0.2, -0.15) is 0 Å². The maximum atomic E-state index is 5.80. The van der Waals surface area contributed by atoms with Gasteiger partial charge in [0.1, 0.15) is 6.10 Å². The van der Waals surface area contributed by atoms with Gasteiger partial charge in [-0.25, -0.2) is 0 Å². The Labute approximate surface area is 102 Å². The van der Waals surface area contributed by atoms with Crippen LogP contribution >= 0.6 is 0 Å². The minimum absolute atomic E-state index is 0.269. The average molecular weight is 233 g/mol. The Balaban J connectivity index is 1.99. The second-order valence-corrected chi connectivity index (χ2v) is 4.99. The van der Waals surface area contributed by atoms with E-state index in [1.807, 2.05) is 0 Å². The summed E-state index contributed by atoms with van der Waals surface area (Å²) in [6.07, 6.45) is 3.74. The Morgan fingerprint density at radius 2 is 2.29 bits per heavy atom. The van der Waals surface area contributed by atoms with Crippen molar-refractivity contribution in [2.45, 2.75) is 38.3 Å². The molecule has 0 amide bonds. The van der Waals surface area contributed by atoms with Crippen LogP contribution in [-0.2, 0) is 6.42 Å². The highest BCUT2D eigenvalue weighted by molar-refractivity contribution is 5.52. The highest BCUT2D eigenvalue weighted by Crippen LogP contribution is 2.41. The highest BCUT2D eigenvalue weighted by Gasteiger charge is 2.26. The van der Waals surface area contributed by atoms with E-state index in [1.165, 1.54) is 24.0 Å². The summed E-state index contributed by atoms with van der Waals surface area (Å²) in [5, 5.41) is 3.53. The molecule has 1 N–H and O–H groups in total. The van der Waals surface area contributed by atoms with Crippen LogP contribution in [0.3, 0.4) is 0 Å². The van der Waals surface area contributed by atoms with E-state index in [4.69, 9.17) is 9.47 Å². The third-order valence-electron chi connectivity index (χ3n) is 3.66. The summed E-state index contributed by atoms with van der Waals surface area (Å²) in [5.41, 5.74) is 2.64. The first kappa shape index (κ1) is 10.9. The lowest BCUT2D eigenvalue weighted by atomic mass is 10.00. The third kappa shape index (κ3) is 1.89. The predicted molar refractivity (Wildman–Crippen MR) is 66.8 cm³/mol. The van der Waals surface area contributed by atoms with Gasteiger partial charge in [0.15, 0.2) is 11.5 Å². The number of rotatable bonds is 2. The predicted octanol–water partition coefficient (Wildman–Crippen LogP) is 2.44. The number of hydrogen-bond donors (Lipinski definition) is 1. The van der Waals surface area contributed by atoms with Crippen LogP contribution in [0, 0.1) is 0 Å². The molecule has 92 valence electrons. The second kappa shape index (κ2) is 4.22. The van der Waals surface area contributed by atoms with E-state index in [0.29, 0.717) is 6.04 Å². The number of hydrogen-bond acceptors (Lipinski definition) is 3. The largest absolute Gasteiger partial charge is 0.493 e. The summed E-state index contributed by atoms with van der Waals surface area (Å²) in [6, 6.07) is 4.90. The van der Waals surface area contributed by atoms with Crippen molar-refractivity contribution in [3.8, 4) is 11.5 Å². The Hall–Kier alpha value is -1.22. The monoisotopic (exact) mass is 233 g/mol. The van der Waals surface area contributed by atoms with Crippen LogP contribution in [-0.4, -0.2) is 19.8 Å². The van der Waals surface area contributed by atoms with Crippen molar-refractivity contribution in [2.24, 2.45) is 0 Å². The SMILES string of the molecule is COc1cc(C2CCCN2)cc2c1OC(C)C2.